The first-order valence-electron chi connectivity index (χ1n) is 10.4. The smallest absolute Gasteiger partial charge is 0.293 e. The molecule has 5 rings (SSSR count). The van der Waals surface area contributed by atoms with Crippen LogP contribution >= 0.6 is 11.6 Å². The van der Waals surface area contributed by atoms with Gasteiger partial charge in [0.2, 0.25) is 5.82 Å². The number of halogens is 1. The average Bonchev–Trinajstić information content (AvgIpc) is 3.31. The van der Waals surface area contributed by atoms with E-state index in [-0.39, 0.29) is 11.7 Å². The summed E-state index contributed by atoms with van der Waals surface area (Å²) in [5.41, 5.74) is 1.76. The van der Waals surface area contributed by atoms with Gasteiger partial charge in [-0.05, 0) is 24.3 Å². The van der Waals surface area contributed by atoms with Crippen LogP contribution in [0.1, 0.15) is 10.6 Å². The Balaban J connectivity index is 1.38. The number of para-hydroxylation sites is 1. The highest BCUT2D eigenvalue weighted by molar-refractivity contribution is 6.30. The quantitative estimate of drug-likeness (QED) is 0.477. The van der Waals surface area contributed by atoms with Crippen LogP contribution in [0, 0.1) is 0 Å². The molecule has 0 saturated carbocycles. The molecule has 160 valence electrons. The Hall–Kier alpha value is -3.71. The van der Waals surface area contributed by atoms with Gasteiger partial charge in [0.1, 0.15) is 5.82 Å². The maximum Gasteiger partial charge on any atom is 0.293 e. The lowest BCUT2D eigenvalue weighted by molar-refractivity contribution is 0.0734. The Kier molecular flexibility index (Phi) is 5.56. The lowest BCUT2D eigenvalue weighted by Crippen LogP contribution is -2.49. The molecule has 8 heteroatoms. The van der Waals surface area contributed by atoms with Crippen molar-refractivity contribution in [1.82, 2.24) is 24.6 Å². The molecule has 0 N–H and O–H groups in total. The monoisotopic (exact) mass is 444 g/mol. The second-order valence-corrected chi connectivity index (χ2v) is 7.92. The summed E-state index contributed by atoms with van der Waals surface area (Å²) in [6.07, 6.45) is 1.64. The highest BCUT2D eigenvalue weighted by Crippen LogP contribution is 2.22. The number of pyridine rings is 1. The van der Waals surface area contributed by atoms with Gasteiger partial charge in [-0.1, -0.05) is 60.1 Å². The Morgan fingerprint density at radius 3 is 2.19 bits per heavy atom. The Bertz CT molecular complexity index is 1150. The third kappa shape index (κ3) is 4.07. The van der Waals surface area contributed by atoms with Crippen LogP contribution in [0.15, 0.2) is 79.0 Å². The number of benzene rings is 2. The van der Waals surface area contributed by atoms with E-state index in [0.717, 1.165) is 17.1 Å². The maximum absolute atomic E-state index is 13.3. The molecular formula is C24H21ClN6O. The second kappa shape index (κ2) is 8.80. The first kappa shape index (κ1) is 20.2. The van der Waals surface area contributed by atoms with Gasteiger partial charge in [0, 0.05) is 37.9 Å². The lowest BCUT2D eigenvalue weighted by atomic mass is 10.2. The fourth-order valence-corrected chi connectivity index (χ4v) is 3.87. The molecule has 7 nitrogen and oxygen atoms in total. The third-order valence-electron chi connectivity index (χ3n) is 5.43. The van der Waals surface area contributed by atoms with Crippen LogP contribution in [0.5, 0.6) is 0 Å². The van der Waals surface area contributed by atoms with E-state index >= 15 is 0 Å². The van der Waals surface area contributed by atoms with E-state index in [1.807, 2.05) is 72.8 Å². The van der Waals surface area contributed by atoms with Crippen molar-refractivity contribution in [2.75, 3.05) is 31.1 Å². The molecule has 3 heterocycles. The molecule has 4 aromatic rings. The third-order valence-corrected chi connectivity index (χ3v) is 5.66. The Morgan fingerprint density at radius 2 is 1.53 bits per heavy atom. The summed E-state index contributed by atoms with van der Waals surface area (Å²) in [5.74, 6) is 1.54. The van der Waals surface area contributed by atoms with Gasteiger partial charge in [-0.25, -0.2) is 14.6 Å². The van der Waals surface area contributed by atoms with Crippen molar-refractivity contribution >= 4 is 23.3 Å². The van der Waals surface area contributed by atoms with E-state index in [4.69, 9.17) is 11.6 Å². The number of nitrogens with zero attached hydrogens (tertiary/aromatic N) is 6. The minimum Gasteiger partial charge on any atom is -0.353 e. The van der Waals surface area contributed by atoms with Gasteiger partial charge in [0.05, 0.1) is 10.7 Å². The Morgan fingerprint density at radius 1 is 0.844 bits per heavy atom. The molecule has 2 aromatic heterocycles. The average molecular weight is 445 g/mol. The lowest BCUT2D eigenvalue weighted by Gasteiger charge is -2.34. The first-order valence-corrected chi connectivity index (χ1v) is 10.8. The molecule has 0 aliphatic carbocycles. The van der Waals surface area contributed by atoms with Crippen molar-refractivity contribution < 1.29 is 4.79 Å². The van der Waals surface area contributed by atoms with Crippen molar-refractivity contribution in [2.24, 2.45) is 0 Å². The minimum absolute atomic E-state index is 0.166. The van der Waals surface area contributed by atoms with E-state index in [9.17, 15) is 4.79 Å². The second-order valence-electron chi connectivity index (χ2n) is 7.49. The van der Waals surface area contributed by atoms with Gasteiger partial charge >= 0.3 is 0 Å². The van der Waals surface area contributed by atoms with Gasteiger partial charge in [0.15, 0.2) is 5.82 Å². The number of piperazine rings is 1. The summed E-state index contributed by atoms with van der Waals surface area (Å²) in [4.78, 5) is 26.2. The van der Waals surface area contributed by atoms with Crippen LogP contribution in [0.2, 0.25) is 5.02 Å². The number of aromatic nitrogens is 4. The fourth-order valence-electron chi connectivity index (χ4n) is 3.76. The number of amides is 1. The summed E-state index contributed by atoms with van der Waals surface area (Å²) in [6.45, 7) is 2.52. The zero-order valence-corrected chi connectivity index (χ0v) is 18.1. The molecule has 0 atom stereocenters. The maximum atomic E-state index is 13.3. The number of hydrogen-bond acceptors (Lipinski definition) is 5. The largest absolute Gasteiger partial charge is 0.353 e. The fraction of sp³-hybridized carbons (Fsp3) is 0.167. The van der Waals surface area contributed by atoms with Gasteiger partial charge in [-0.2, -0.15) is 0 Å². The SMILES string of the molecule is O=C(c1nc(-c2ccccc2)n(-c2ccccc2)n1)N1CCN(c2ccc(Cl)cn2)CC1. The highest BCUT2D eigenvalue weighted by Gasteiger charge is 2.27. The van der Waals surface area contributed by atoms with Crippen molar-refractivity contribution in [2.45, 2.75) is 0 Å². The zero-order chi connectivity index (χ0) is 21.9. The van der Waals surface area contributed by atoms with Crippen LogP contribution < -0.4 is 4.90 Å². The first-order chi connectivity index (χ1) is 15.7. The summed E-state index contributed by atoms with van der Waals surface area (Å²) in [7, 11) is 0. The normalized spacial score (nSPS) is 13.9. The van der Waals surface area contributed by atoms with E-state index < -0.39 is 0 Å². The molecule has 0 spiro atoms. The molecule has 32 heavy (non-hydrogen) atoms. The van der Waals surface area contributed by atoms with Gasteiger partial charge < -0.3 is 9.80 Å². The summed E-state index contributed by atoms with van der Waals surface area (Å²) in [5, 5.41) is 5.20. The predicted octanol–water partition coefficient (Wildman–Crippen LogP) is 3.95. The number of carbonyl (C=O) groups excluding carboxylic acids is 1. The zero-order valence-electron chi connectivity index (χ0n) is 17.3. The van der Waals surface area contributed by atoms with Crippen LogP contribution in [0.4, 0.5) is 5.82 Å². The summed E-state index contributed by atoms with van der Waals surface area (Å²) in [6, 6.07) is 23.2. The van der Waals surface area contributed by atoms with Gasteiger partial charge in [-0.3, -0.25) is 4.79 Å². The molecule has 1 fully saturated rings. The molecule has 0 unspecified atom stereocenters. The number of carbonyl (C=O) groups is 1. The van der Waals surface area contributed by atoms with E-state index in [1.165, 1.54) is 0 Å². The van der Waals surface area contributed by atoms with E-state index in [0.29, 0.717) is 37.0 Å². The number of anilines is 1. The van der Waals surface area contributed by atoms with Crippen LogP contribution in [-0.2, 0) is 0 Å². The van der Waals surface area contributed by atoms with Crippen molar-refractivity contribution in [3.8, 4) is 17.1 Å². The van der Waals surface area contributed by atoms with Gasteiger partial charge in [0.25, 0.3) is 5.91 Å². The van der Waals surface area contributed by atoms with Crippen LogP contribution in [0.3, 0.4) is 0 Å². The number of rotatable bonds is 4. The molecule has 1 amide bonds. The van der Waals surface area contributed by atoms with Crippen molar-refractivity contribution in [3.05, 3.63) is 89.8 Å². The highest BCUT2D eigenvalue weighted by atomic mass is 35.5. The Labute approximate surface area is 190 Å². The molecule has 1 aliphatic rings. The van der Waals surface area contributed by atoms with Crippen molar-refractivity contribution in [3.63, 3.8) is 0 Å². The molecule has 0 radical (unpaired) electrons. The topological polar surface area (TPSA) is 67.2 Å². The van der Waals surface area contributed by atoms with E-state index in [2.05, 4.69) is 20.0 Å². The standard InChI is InChI=1S/C24H21ClN6O/c25-19-11-12-21(26-17-19)29-13-15-30(16-14-29)24(32)22-27-23(18-7-3-1-4-8-18)31(28-22)20-9-5-2-6-10-20/h1-12,17H,13-16H2. The predicted molar refractivity (Wildman–Crippen MR) is 124 cm³/mol. The molecular weight excluding hydrogens is 424 g/mol. The van der Waals surface area contributed by atoms with Crippen molar-refractivity contribution in [1.29, 1.82) is 0 Å². The minimum atomic E-state index is -0.166. The summed E-state index contributed by atoms with van der Waals surface area (Å²) < 4.78 is 1.73. The summed E-state index contributed by atoms with van der Waals surface area (Å²) >= 11 is 5.94. The molecule has 1 saturated heterocycles. The van der Waals surface area contributed by atoms with Crippen LogP contribution in [-0.4, -0.2) is 56.7 Å². The van der Waals surface area contributed by atoms with Gasteiger partial charge in [-0.15, -0.1) is 5.10 Å². The molecule has 0 bridgehead atoms. The molecule has 1 aliphatic heterocycles. The molecule has 2 aromatic carbocycles. The number of hydrogen-bond donors (Lipinski definition) is 0. The van der Waals surface area contributed by atoms with Crippen LogP contribution in [0.25, 0.3) is 17.1 Å². The van der Waals surface area contributed by atoms with E-state index in [1.54, 1.807) is 15.8 Å².